The molecule has 2 saturated heterocycles. The summed E-state index contributed by atoms with van der Waals surface area (Å²) in [6.45, 7) is 6.40. The van der Waals surface area contributed by atoms with E-state index < -0.39 is 0 Å². The van der Waals surface area contributed by atoms with Gasteiger partial charge < -0.3 is 9.64 Å². The van der Waals surface area contributed by atoms with Gasteiger partial charge in [0.25, 0.3) is 0 Å². The highest BCUT2D eigenvalue weighted by molar-refractivity contribution is 5.76. The average Bonchev–Trinajstić information content (AvgIpc) is 2.92. The molecule has 1 aromatic carbocycles. The monoisotopic (exact) mass is 330 g/mol. The SMILES string of the molecule is COc1ccccc1C[C@@H](C)CC(=O)N1CCCN2CCC[C@H]2C1. The number of carbonyl (C=O) groups is 1. The van der Waals surface area contributed by atoms with Crippen molar-refractivity contribution >= 4 is 5.91 Å². The Morgan fingerprint density at radius 3 is 2.88 bits per heavy atom. The minimum absolute atomic E-state index is 0.325. The molecule has 2 aliphatic heterocycles. The summed E-state index contributed by atoms with van der Waals surface area (Å²) in [5.41, 5.74) is 1.19. The topological polar surface area (TPSA) is 32.8 Å². The Morgan fingerprint density at radius 2 is 2.04 bits per heavy atom. The van der Waals surface area contributed by atoms with Crippen LogP contribution in [0.4, 0.5) is 0 Å². The van der Waals surface area contributed by atoms with Gasteiger partial charge in [-0.1, -0.05) is 25.1 Å². The second-order valence-electron chi connectivity index (χ2n) is 7.35. The summed E-state index contributed by atoms with van der Waals surface area (Å²) in [6.07, 6.45) is 5.17. The molecule has 0 aromatic heterocycles. The highest BCUT2D eigenvalue weighted by atomic mass is 16.5. The summed E-state index contributed by atoms with van der Waals surface area (Å²) in [5.74, 6) is 1.58. The van der Waals surface area contributed by atoms with Gasteiger partial charge >= 0.3 is 0 Å². The van der Waals surface area contributed by atoms with Gasteiger partial charge in [-0.2, -0.15) is 0 Å². The van der Waals surface area contributed by atoms with Crippen molar-refractivity contribution in [1.29, 1.82) is 0 Å². The fraction of sp³-hybridized carbons (Fsp3) is 0.650. The van der Waals surface area contributed by atoms with Crippen molar-refractivity contribution in [2.24, 2.45) is 5.92 Å². The number of hydrogen-bond donors (Lipinski definition) is 0. The van der Waals surface area contributed by atoms with Crippen LogP contribution < -0.4 is 4.74 Å². The van der Waals surface area contributed by atoms with Crippen LogP contribution in [-0.2, 0) is 11.2 Å². The molecule has 0 radical (unpaired) electrons. The van der Waals surface area contributed by atoms with Gasteiger partial charge in [0.05, 0.1) is 7.11 Å². The molecule has 0 saturated carbocycles. The second-order valence-corrected chi connectivity index (χ2v) is 7.35. The largest absolute Gasteiger partial charge is 0.496 e. The Labute approximate surface area is 145 Å². The lowest BCUT2D eigenvalue weighted by molar-refractivity contribution is -0.132. The van der Waals surface area contributed by atoms with E-state index in [4.69, 9.17) is 4.74 Å². The molecule has 4 heteroatoms. The first-order valence-electron chi connectivity index (χ1n) is 9.31. The van der Waals surface area contributed by atoms with Gasteiger partial charge in [-0.15, -0.1) is 0 Å². The van der Waals surface area contributed by atoms with Gasteiger partial charge in [0.1, 0.15) is 5.75 Å². The molecule has 2 fully saturated rings. The molecular weight excluding hydrogens is 300 g/mol. The van der Waals surface area contributed by atoms with Gasteiger partial charge in [0.2, 0.25) is 5.91 Å². The Bertz CT molecular complexity index is 560. The van der Waals surface area contributed by atoms with E-state index in [0.29, 0.717) is 24.3 Å². The van der Waals surface area contributed by atoms with Crippen LogP contribution in [-0.4, -0.2) is 55.0 Å². The van der Waals surface area contributed by atoms with Gasteiger partial charge in [0, 0.05) is 32.1 Å². The third-order valence-electron chi connectivity index (χ3n) is 5.44. The molecule has 0 aliphatic carbocycles. The summed E-state index contributed by atoms with van der Waals surface area (Å²) < 4.78 is 5.43. The molecule has 3 rings (SSSR count). The summed E-state index contributed by atoms with van der Waals surface area (Å²) in [6, 6.07) is 8.72. The number of rotatable bonds is 5. The van der Waals surface area contributed by atoms with Crippen molar-refractivity contribution in [1.82, 2.24) is 9.80 Å². The van der Waals surface area contributed by atoms with Crippen LogP contribution in [0, 0.1) is 5.92 Å². The normalized spacial score (nSPS) is 22.8. The van der Waals surface area contributed by atoms with E-state index in [1.165, 1.54) is 24.9 Å². The van der Waals surface area contributed by atoms with Gasteiger partial charge in [-0.05, 0) is 49.8 Å². The van der Waals surface area contributed by atoms with Crippen molar-refractivity contribution in [2.75, 3.05) is 33.3 Å². The smallest absolute Gasteiger partial charge is 0.222 e. The maximum absolute atomic E-state index is 12.8. The van der Waals surface area contributed by atoms with Crippen LogP contribution in [0.5, 0.6) is 5.75 Å². The van der Waals surface area contributed by atoms with Crippen LogP contribution in [0.3, 0.4) is 0 Å². The Balaban J connectivity index is 1.55. The summed E-state index contributed by atoms with van der Waals surface area (Å²) in [4.78, 5) is 17.5. The van der Waals surface area contributed by atoms with E-state index in [-0.39, 0.29) is 0 Å². The Hall–Kier alpha value is -1.55. The van der Waals surface area contributed by atoms with Crippen molar-refractivity contribution in [3.8, 4) is 5.75 Å². The molecule has 4 nitrogen and oxygen atoms in total. The van der Waals surface area contributed by atoms with Crippen LogP contribution in [0.25, 0.3) is 0 Å². The lowest BCUT2D eigenvalue weighted by Crippen LogP contribution is -2.40. The molecule has 1 aromatic rings. The minimum atomic E-state index is 0.325. The van der Waals surface area contributed by atoms with Crippen molar-refractivity contribution in [3.63, 3.8) is 0 Å². The molecule has 2 heterocycles. The molecule has 24 heavy (non-hydrogen) atoms. The first-order chi connectivity index (χ1) is 11.7. The van der Waals surface area contributed by atoms with Crippen LogP contribution in [0.1, 0.15) is 38.2 Å². The number of hydrogen-bond acceptors (Lipinski definition) is 3. The van der Waals surface area contributed by atoms with Crippen LogP contribution in [0.2, 0.25) is 0 Å². The quantitative estimate of drug-likeness (QED) is 0.832. The molecule has 0 unspecified atom stereocenters. The molecule has 0 spiro atoms. The zero-order valence-electron chi connectivity index (χ0n) is 15.0. The van der Waals surface area contributed by atoms with Crippen LogP contribution in [0.15, 0.2) is 24.3 Å². The molecule has 0 bridgehead atoms. The first-order valence-corrected chi connectivity index (χ1v) is 9.31. The number of methoxy groups -OCH3 is 1. The molecule has 0 N–H and O–H groups in total. The van der Waals surface area contributed by atoms with Crippen molar-refractivity contribution in [3.05, 3.63) is 29.8 Å². The molecule has 132 valence electrons. The second kappa shape index (κ2) is 8.02. The number of fused-ring (bicyclic) bond motifs is 1. The van der Waals surface area contributed by atoms with Gasteiger partial charge in [0.15, 0.2) is 0 Å². The maximum atomic E-state index is 12.8. The first kappa shape index (κ1) is 17.3. The Morgan fingerprint density at radius 1 is 1.25 bits per heavy atom. The molecule has 2 aliphatic rings. The van der Waals surface area contributed by atoms with Gasteiger partial charge in [-0.25, -0.2) is 0 Å². The number of ether oxygens (including phenoxy) is 1. The summed E-state index contributed by atoms with van der Waals surface area (Å²) in [5, 5.41) is 0. The van der Waals surface area contributed by atoms with Crippen molar-refractivity contribution < 1.29 is 9.53 Å². The lowest BCUT2D eigenvalue weighted by atomic mass is 9.96. The van der Waals surface area contributed by atoms with E-state index in [1.54, 1.807) is 7.11 Å². The Kier molecular flexibility index (Phi) is 5.77. The van der Waals surface area contributed by atoms with E-state index >= 15 is 0 Å². The maximum Gasteiger partial charge on any atom is 0.222 e. The van der Waals surface area contributed by atoms with Crippen molar-refractivity contribution in [2.45, 2.75) is 45.1 Å². The number of benzene rings is 1. The number of amides is 1. The predicted molar refractivity (Wildman–Crippen MR) is 96.3 cm³/mol. The zero-order valence-corrected chi connectivity index (χ0v) is 15.0. The molecule has 1 amide bonds. The van der Waals surface area contributed by atoms with Gasteiger partial charge in [-0.3, -0.25) is 9.69 Å². The molecular formula is C20H30N2O2. The summed E-state index contributed by atoms with van der Waals surface area (Å²) in [7, 11) is 1.71. The predicted octanol–water partition coefficient (Wildman–Crippen LogP) is 2.96. The van der Waals surface area contributed by atoms with E-state index in [0.717, 1.165) is 38.2 Å². The average molecular weight is 330 g/mol. The standard InChI is InChI=1S/C20H30N2O2/c1-16(13-17-7-3-4-9-19(17)24-2)14-20(23)22-12-6-11-21-10-5-8-18(21)15-22/h3-4,7,9,16,18H,5-6,8,10-15H2,1-2H3/t16-,18+/m1/s1. The summed E-state index contributed by atoms with van der Waals surface area (Å²) >= 11 is 0. The fourth-order valence-electron chi connectivity index (χ4n) is 4.18. The molecule has 2 atom stereocenters. The van der Waals surface area contributed by atoms with Crippen LogP contribution >= 0.6 is 0 Å². The third kappa shape index (κ3) is 4.10. The lowest BCUT2D eigenvalue weighted by Gasteiger charge is -2.26. The zero-order chi connectivity index (χ0) is 16.9. The third-order valence-corrected chi connectivity index (χ3v) is 5.44. The van der Waals surface area contributed by atoms with E-state index in [2.05, 4.69) is 22.8 Å². The highest BCUT2D eigenvalue weighted by Crippen LogP contribution is 2.24. The fourth-order valence-corrected chi connectivity index (χ4v) is 4.18. The number of nitrogens with zero attached hydrogens (tertiary/aromatic N) is 2. The van der Waals surface area contributed by atoms with E-state index in [9.17, 15) is 4.79 Å². The number of para-hydroxylation sites is 1. The highest BCUT2D eigenvalue weighted by Gasteiger charge is 2.30. The number of carbonyl (C=O) groups excluding carboxylic acids is 1. The van der Waals surface area contributed by atoms with E-state index in [1.807, 2.05) is 18.2 Å². The minimum Gasteiger partial charge on any atom is -0.496 e.